The van der Waals surface area contributed by atoms with Crippen LogP contribution in [0.1, 0.15) is 56.7 Å². The number of hydrogen-bond donors (Lipinski definition) is 1. The van der Waals surface area contributed by atoms with Crippen molar-refractivity contribution in [1.82, 2.24) is 10.2 Å². The number of carbonyl (C=O) groups excluding carboxylic acids is 2. The highest BCUT2D eigenvalue weighted by Gasteiger charge is 2.29. The van der Waals surface area contributed by atoms with Gasteiger partial charge in [0.2, 0.25) is 21.8 Å². The summed E-state index contributed by atoms with van der Waals surface area (Å²) in [5.74, 6) is -0.0270. The van der Waals surface area contributed by atoms with Gasteiger partial charge in [-0.1, -0.05) is 68.8 Å². The summed E-state index contributed by atoms with van der Waals surface area (Å²) in [6, 6.07) is 14.6. The Balaban J connectivity index is 2.21. The van der Waals surface area contributed by atoms with Crippen LogP contribution in [0.15, 0.2) is 48.5 Å². The molecule has 0 aliphatic heterocycles. The lowest BCUT2D eigenvalue weighted by Gasteiger charge is -2.31. The summed E-state index contributed by atoms with van der Waals surface area (Å²) in [5.41, 5.74) is 3.53. The van der Waals surface area contributed by atoms with E-state index in [2.05, 4.69) is 5.32 Å². The number of hydrogen-bond acceptors (Lipinski definition) is 4. The van der Waals surface area contributed by atoms with E-state index in [4.69, 9.17) is 0 Å². The number of rotatable bonds is 13. The van der Waals surface area contributed by atoms with Crippen molar-refractivity contribution in [2.75, 3.05) is 23.7 Å². The molecule has 0 fully saturated rings. The fraction of sp³-hybridized carbons (Fsp3) is 0.500. The van der Waals surface area contributed by atoms with Crippen molar-refractivity contribution in [2.24, 2.45) is 5.92 Å². The van der Waals surface area contributed by atoms with E-state index in [9.17, 15) is 18.0 Å². The number of anilines is 1. The van der Waals surface area contributed by atoms with Crippen LogP contribution in [0.25, 0.3) is 0 Å². The molecule has 8 heteroatoms. The number of para-hydroxylation sites is 1. The zero-order chi connectivity index (χ0) is 26.9. The summed E-state index contributed by atoms with van der Waals surface area (Å²) < 4.78 is 26.4. The van der Waals surface area contributed by atoms with E-state index in [1.165, 1.54) is 10.6 Å². The lowest BCUT2D eigenvalue weighted by atomic mass is 10.1. The molecule has 36 heavy (non-hydrogen) atoms. The molecule has 2 aromatic rings. The predicted octanol–water partition coefficient (Wildman–Crippen LogP) is 4.43. The Hall–Kier alpha value is -2.87. The zero-order valence-corrected chi connectivity index (χ0v) is 23.3. The van der Waals surface area contributed by atoms with Gasteiger partial charge in [-0.05, 0) is 49.8 Å². The van der Waals surface area contributed by atoms with Crippen molar-refractivity contribution in [1.29, 1.82) is 0 Å². The van der Waals surface area contributed by atoms with E-state index in [1.54, 1.807) is 17.0 Å². The molecule has 0 bridgehead atoms. The minimum atomic E-state index is -3.52. The van der Waals surface area contributed by atoms with Crippen LogP contribution in [0.3, 0.4) is 0 Å². The number of benzene rings is 2. The van der Waals surface area contributed by atoms with Gasteiger partial charge >= 0.3 is 0 Å². The van der Waals surface area contributed by atoms with E-state index >= 15 is 0 Å². The first-order valence-corrected chi connectivity index (χ1v) is 14.4. The SMILES string of the molecule is CCC(C(=O)NCC(C)C)N(Cc1ccc(C)cc1)C(=O)CCCN(c1ccccc1C)S(C)(=O)=O. The molecule has 1 N–H and O–H groups in total. The summed E-state index contributed by atoms with van der Waals surface area (Å²) in [5, 5.41) is 2.96. The van der Waals surface area contributed by atoms with Crippen molar-refractivity contribution in [3.63, 3.8) is 0 Å². The molecule has 0 heterocycles. The minimum Gasteiger partial charge on any atom is -0.354 e. The quantitative estimate of drug-likeness (QED) is 0.428. The second kappa shape index (κ2) is 13.4. The first kappa shape index (κ1) is 29.4. The molecule has 2 aromatic carbocycles. The van der Waals surface area contributed by atoms with Gasteiger partial charge in [0, 0.05) is 26.1 Å². The molecule has 7 nitrogen and oxygen atoms in total. The highest BCUT2D eigenvalue weighted by Crippen LogP contribution is 2.23. The molecule has 0 aliphatic rings. The lowest BCUT2D eigenvalue weighted by molar-refractivity contribution is -0.141. The summed E-state index contributed by atoms with van der Waals surface area (Å²) in [4.78, 5) is 28.1. The van der Waals surface area contributed by atoms with Gasteiger partial charge in [-0.25, -0.2) is 8.42 Å². The third kappa shape index (κ3) is 8.66. The molecule has 198 valence electrons. The smallest absolute Gasteiger partial charge is 0.242 e. The van der Waals surface area contributed by atoms with Crippen molar-refractivity contribution in [3.8, 4) is 0 Å². The first-order chi connectivity index (χ1) is 16.9. The van der Waals surface area contributed by atoms with Crippen LogP contribution < -0.4 is 9.62 Å². The third-order valence-electron chi connectivity index (χ3n) is 6.08. The molecule has 0 spiro atoms. The second-order valence-electron chi connectivity index (χ2n) is 9.80. The number of sulfonamides is 1. The maximum absolute atomic E-state index is 13.5. The molecule has 1 unspecified atom stereocenters. The van der Waals surface area contributed by atoms with Gasteiger partial charge < -0.3 is 10.2 Å². The van der Waals surface area contributed by atoms with Crippen LogP contribution in [-0.2, 0) is 26.2 Å². The highest BCUT2D eigenvalue weighted by molar-refractivity contribution is 7.92. The minimum absolute atomic E-state index is 0.137. The van der Waals surface area contributed by atoms with Gasteiger partial charge in [0.15, 0.2) is 0 Å². The Morgan fingerprint density at radius 3 is 2.19 bits per heavy atom. The lowest BCUT2D eigenvalue weighted by Crippen LogP contribution is -2.49. The number of amides is 2. The molecule has 2 rings (SSSR count). The monoisotopic (exact) mass is 515 g/mol. The van der Waals surface area contributed by atoms with E-state index in [0.29, 0.717) is 37.5 Å². The van der Waals surface area contributed by atoms with Crippen LogP contribution in [0.4, 0.5) is 5.69 Å². The summed E-state index contributed by atoms with van der Waals surface area (Å²) in [6.07, 6.45) is 2.14. The molecular weight excluding hydrogens is 474 g/mol. The Kier molecular flexibility index (Phi) is 11.0. The molecule has 0 saturated carbocycles. The van der Waals surface area contributed by atoms with E-state index in [-0.39, 0.29) is 24.8 Å². The van der Waals surface area contributed by atoms with Crippen LogP contribution in [-0.4, -0.2) is 50.5 Å². The van der Waals surface area contributed by atoms with Gasteiger partial charge in [0.1, 0.15) is 6.04 Å². The molecular formula is C28H41N3O4S. The Morgan fingerprint density at radius 2 is 1.64 bits per heavy atom. The van der Waals surface area contributed by atoms with Gasteiger partial charge in [-0.15, -0.1) is 0 Å². The molecule has 0 saturated heterocycles. The van der Waals surface area contributed by atoms with E-state index < -0.39 is 16.1 Å². The average Bonchev–Trinajstić information content (AvgIpc) is 2.81. The largest absolute Gasteiger partial charge is 0.354 e. The van der Waals surface area contributed by atoms with E-state index in [0.717, 1.165) is 16.7 Å². The molecule has 0 aliphatic carbocycles. The van der Waals surface area contributed by atoms with Crippen molar-refractivity contribution in [2.45, 2.75) is 66.5 Å². The van der Waals surface area contributed by atoms with Gasteiger partial charge in [-0.2, -0.15) is 0 Å². The molecule has 2 amide bonds. The van der Waals surface area contributed by atoms with Crippen LogP contribution in [0.5, 0.6) is 0 Å². The standard InChI is InChI=1S/C28H41N3O4S/c1-7-25(28(33)29-19-21(2)3)30(20-24-16-14-22(4)15-17-24)27(32)13-10-18-31(36(6,34)35)26-12-9-8-11-23(26)5/h8-9,11-12,14-17,21,25H,7,10,13,18-20H2,1-6H3,(H,29,33). The first-order valence-electron chi connectivity index (χ1n) is 12.6. The van der Waals surface area contributed by atoms with Gasteiger partial charge in [-0.3, -0.25) is 13.9 Å². The number of aryl methyl sites for hydroxylation is 2. The Bertz CT molecular complexity index is 1110. The van der Waals surface area contributed by atoms with Crippen LogP contribution in [0, 0.1) is 19.8 Å². The van der Waals surface area contributed by atoms with Crippen molar-refractivity contribution in [3.05, 3.63) is 65.2 Å². The van der Waals surface area contributed by atoms with Crippen LogP contribution in [0.2, 0.25) is 0 Å². The van der Waals surface area contributed by atoms with Crippen molar-refractivity contribution < 1.29 is 18.0 Å². The number of nitrogens with zero attached hydrogens (tertiary/aromatic N) is 2. The zero-order valence-electron chi connectivity index (χ0n) is 22.5. The molecule has 0 aromatic heterocycles. The molecule has 1 atom stereocenters. The third-order valence-corrected chi connectivity index (χ3v) is 7.26. The second-order valence-corrected chi connectivity index (χ2v) is 11.7. The summed E-state index contributed by atoms with van der Waals surface area (Å²) in [7, 11) is -3.52. The summed E-state index contributed by atoms with van der Waals surface area (Å²) >= 11 is 0. The fourth-order valence-electron chi connectivity index (χ4n) is 4.06. The number of nitrogens with one attached hydrogen (secondary N) is 1. The van der Waals surface area contributed by atoms with Gasteiger partial charge in [0.25, 0.3) is 0 Å². The predicted molar refractivity (Wildman–Crippen MR) is 146 cm³/mol. The Morgan fingerprint density at radius 1 is 1.00 bits per heavy atom. The maximum Gasteiger partial charge on any atom is 0.242 e. The maximum atomic E-state index is 13.5. The van der Waals surface area contributed by atoms with Crippen molar-refractivity contribution >= 4 is 27.5 Å². The number of carbonyl (C=O) groups is 2. The fourth-order valence-corrected chi connectivity index (χ4v) is 5.08. The molecule has 0 radical (unpaired) electrons. The van der Waals surface area contributed by atoms with Gasteiger partial charge in [0.05, 0.1) is 11.9 Å². The Labute approximate surface area is 216 Å². The normalized spacial score (nSPS) is 12.3. The van der Waals surface area contributed by atoms with E-state index in [1.807, 2.05) is 71.0 Å². The highest BCUT2D eigenvalue weighted by atomic mass is 32.2. The average molecular weight is 516 g/mol. The summed E-state index contributed by atoms with van der Waals surface area (Å²) in [6.45, 7) is 10.9. The topological polar surface area (TPSA) is 86.8 Å². The van der Waals surface area contributed by atoms with Crippen LogP contribution >= 0.6 is 0 Å².